The number of fused-ring (bicyclic) bond motifs is 7. The standard InChI is InChI=1S/C61H38N4S/c1-2-15-39(16-3-1)44-33-34-53(56(38-44)65-54-28-9-6-23-49(54)50-24-7-10-29-55(50)65)61-63-59(46-21-12-19-42(36-46)43-32-31-40-17-4-5-18-41(40)35-43)62-60(64-61)47-22-13-20-45(37-47)48-26-14-27-52-51-25-8-11-30-57(51)66-58(48)52/h1-38H/i6D,7D,9D,10D,23D,24D,28D,29D. The molecular formula is C61H38N4S. The van der Waals surface area contributed by atoms with Crippen molar-refractivity contribution in [3.8, 4) is 73.2 Å². The maximum atomic E-state index is 9.42. The molecule has 4 nitrogen and oxygen atoms in total. The van der Waals surface area contributed by atoms with Gasteiger partial charge in [0.2, 0.25) is 0 Å². The van der Waals surface area contributed by atoms with Crippen LogP contribution >= 0.6 is 11.3 Å². The van der Waals surface area contributed by atoms with Crippen molar-refractivity contribution in [2.75, 3.05) is 0 Å². The molecule has 0 unspecified atom stereocenters. The number of thiophene rings is 1. The van der Waals surface area contributed by atoms with Crippen LogP contribution in [0.15, 0.2) is 230 Å². The molecule has 0 fully saturated rings. The third-order valence-corrected chi connectivity index (χ3v) is 13.5. The lowest BCUT2D eigenvalue weighted by Crippen LogP contribution is -2.04. The van der Waals surface area contributed by atoms with Gasteiger partial charge in [-0.3, -0.25) is 0 Å². The second-order valence-electron chi connectivity index (χ2n) is 16.2. The number of benzene rings is 10. The van der Waals surface area contributed by atoms with Crippen LogP contribution in [-0.4, -0.2) is 19.5 Å². The molecule has 0 saturated carbocycles. The highest BCUT2D eigenvalue weighted by Gasteiger charge is 2.21. The second-order valence-corrected chi connectivity index (χ2v) is 17.2. The van der Waals surface area contributed by atoms with Crippen molar-refractivity contribution in [2.45, 2.75) is 0 Å². The zero-order valence-electron chi connectivity index (χ0n) is 43.0. The fraction of sp³-hybridized carbons (Fsp3) is 0. The van der Waals surface area contributed by atoms with Crippen molar-refractivity contribution < 1.29 is 11.0 Å². The van der Waals surface area contributed by atoms with E-state index in [1.165, 1.54) is 24.7 Å². The Morgan fingerprint density at radius 1 is 0.364 bits per heavy atom. The van der Waals surface area contributed by atoms with Crippen LogP contribution in [-0.2, 0) is 0 Å². The van der Waals surface area contributed by atoms with Gasteiger partial charge in [0.1, 0.15) is 0 Å². The first-order valence-corrected chi connectivity index (χ1v) is 22.4. The zero-order chi connectivity index (χ0) is 50.5. The number of hydrogen-bond donors (Lipinski definition) is 0. The van der Waals surface area contributed by atoms with Gasteiger partial charge < -0.3 is 4.57 Å². The van der Waals surface area contributed by atoms with Crippen molar-refractivity contribution >= 4 is 64.1 Å². The van der Waals surface area contributed by atoms with Crippen LogP contribution in [0.1, 0.15) is 11.0 Å². The molecule has 5 heteroatoms. The Labute approximate surface area is 396 Å². The third kappa shape index (κ3) is 6.48. The minimum atomic E-state index is -0.518. The molecule has 0 radical (unpaired) electrons. The summed E-state index contributed by atoms with van der Waals surface area (Å²) in [4.78, 5) is 15.8. The molecule has 0 aliphatic heterocycles. The van der Waals surface area contributed by atoms with E-state index in [0.717, 1.165) is 49.7 Å². The highest BCUT2D eigenvalue weighted by molar-refractivity contribution is 7.26. The number of para-hydroxylation sites is 2. The van der Waals surface area contributed by atoms with E-state index < -0.39 is 48.3 Å². The molecule has 0 aliphatic carbocycles. The molecule has 308 valence electrons. The van der Waals surface area contributed by atoms with Gasteiger partial charge in [0.25, 0.3) is 0 Å². The van der Waals surface area contributed by atoms with Crippen LogP contribution < -0.4 is 0 Å². The molecule has 10 aromatic carbocycles. The Kier molecular flexibility index (Phi) is 7.24. The normalized spacial score (nSPS) is 13.3. The fourth-order valence-electron chi connectivity index (χ4n) is 9.14. The highest BCUT2D eigenvalue weighted by Crippen LogP contribution is 2.42. The summed E-state index contributed by atoms with van der Waals surface area (Å²) in [5.74, 6) is 0.966. The minimum Gasteiger partial charge on any atom is -0.308 e. The van der Waals surface area contributed by atoms with Gasteiger partial charge in [0.05, 0.1) is 27.7 Å². The number of nitrogens with zero attached hydrogens (tertiary/aromatic N) is 4. The van der Waals surface area contributed by atoms with Crippen LogP contribution in [0.5, 0.6) is 0 Å². The molecule has 0 saturated heterocycles. The Bertz CT molecular complexity index is 4420. The molecule has 0 spiro atoms. The van der Waals surface area contributed by atoms with Gasteiger partial charge in [0, 0.05) is 47.6 Å². The predicted molar refractivity (Wildman–Crippen MR) is 277 cm³/mol. The van der Waals surface area contributed by atoms with Gasteiger partial charge in [-0.15, -0.1) is 11.3 Å². The Morgan fingerprint density at radius 2 is 0.924 bits per heavy atom. The molecule has 0 atom stereocenters. The van der Waals surface area contributed by atoms with Crippen molar-refractivity contribution in [3.05, 3.63) is 230 Å². The summed E-state index contributed by atoms with van der Waals surface area (Å²) in [5, 5.41) is 4.57. The Morgan fingerprint density at radius 3 is 1.71 bits per heavy atom. The molecule has 3 aromatic heterocycles. The first-order chi connectivity index (χ1) is 36.0. The van der Waals surface area contributed by atoms with E-state index >= 15 is 0 Å². The summed E-state index contributed by atoms with van der Waals surface area (Å²) >= 11 is 1.75. The lowest BCUT2D eigenvalue weighted by atomic mass is 9.99. The largest absolute Gasteiger partial charge is 0.308 e. The molecule has 0 aliphatic rings. The third-order valence-electron chi connectivity index (χ3n) is 12.3. The molecule has 0 amide bonds. The average Bonchev–Trinajstić information content (AvgIpc) is 4.04. The van der Waals surface area contributed by atoms with E-state index in [-0.39, 0.29) is 27.6 Å². The summed E-state index contributed by atoms with van der Waals surface area (Å²) in [5.41, 5.74) is 7.78. The van der Waals surface area contributed by atoms with Crippen LogP contribution in [0.2, 0.25) is 0 Å². The summed E-state index contributed by atoms with van der Waals surface area (Å²) < 4.78 is 76.4. The Balaban J connectivity index is 1.10. The first-order valence-electron chi connectivity index (χ1n) is 25.6. The second kappa shape index (κ2) is 15.6. The number of aromatic nitrogens is 4. The van der Waals surface area contributed by atoms with Crippen molar-refractivity contribution in [2.24, 2.45) is 0 Å². The predicted octanol–water partition coefficient (Wildman–Crippen LogP) is 16.5. The SMILES string of the molecule is [2H]c1c([2H])c([2H])c2c(c1[2H])c1c([2H])c([2H])c([2H])c([2H])c1n2-c1cc(-c2ccccc2)ccc1-c1nc(-c2cccc(-c3ccc4ccccc4c3)c2)nc(-c2cccc(-c3cccc4c3sc3ccccc34)c2)n1. The molecule has 0 bridgehead atoms. The van der Waals surface area contributed by atoms with Crippen LogP contribution in [0.3, 0.4) is 0 Å². The van der Waals surface area contributed by atoms with Crippen molar-refractivity contribution in [1.29, 1.82) is 0 Å². The topological polar surface area (TPSA) is 43.6 Å². The highest BCUT2D eigenvalue weighted by atomic mass is 32.1. The molecule has 13 rings (SSSR count). The molecule has 66 heavy (non-hydrogen) atoms. The minimum absolute atomic E-state index is 0.00911. The van der Waals surface area contributed by atoms with Gasteiger partial charge in [-0.05, 0) is 92.6 Å². The van der Waals surface area contributed by atoms with Gasteiger partial charge in [0.15, 0.2) is 17.5 Å². The van der Waals surface area contributed by atoms with Crippen molar-refractivity contribution in [3.63, 3.8) is 0 Å². The van der Waals surface area contributed by atoms with E-state index in [1.807, 2.05) is 84.9 Å². The monoisotopic (exact) mass is 866 g/mol. The zero-order valence-corrected chi connectivity index (χ0v) is 35.8. The number of hydrogen-bond acceptors (Lipinski definition) is 4. The van der Waals surface area contributed by atoms with Crippen LogP contribution in [0, 0.1) is 0 Å². The Hall–Kier alpha value is -8.51. The smallest absolute Gasteiger partial charge is 0.166 e. The van der Waals surface area contributed by atoms with Gasteiger partial charge >= 0.3 is 0 Å². The average molecular weight is 867 g/mol. The summed E-state index contributed by atoms with van der Waals surface area (Å²) in [6.45, 7) is 0. The summed E-state index contributed by atoms with van der Waals surface area (Å²) in [6.07, 6.45) is 0. The molecular weight excluding hydrogens is 821 g/mol. The van der Waals surface area contributed by atoms with Gasteiger partial charge in [-0.1, -0.05) is 182 Å². The molecule has 0 N–H and O–H groups in total. The summed E-state index contributed by atoms with van der Waals surface area (Å²) in [6, 6.07) is 57.2. The maximum Gasteiger partial charge on any atom is 0.166 e. The van der Waals surface area contributed by atoms with Gasteiger partial charge in [-0.25, -0.2) is 15.0 Å². The summed E-state index contributed by atoms with van der Waals surface area (Å²) in [7, 11) is 0. The number of rotatable bonds is 7. The van der Waals surface area contributed by atoms with Gasteiger partial charge in [-0.2, -0.15) is 0 Å². The fourth-order valence-corrected chi connectivity index (χ4v) is 10.4. The van der Waals surface area contributed by atoms with E-state index in [9.17, 15) is 5.48 Å². The van der Waals surface area contributed by atoms with Crippen LogP contribution in [0.4, 0.5) is 0 Å². The molecule has 3 heterocycles. The van der Waals surface area contributed by atoms with E-state index in [4.69, 9.17) is 20.4 Å². The lowest BCUT2D eigenvalue weighted by Gasteiger charge is -2.17. The van der Waals surface area contributed by atoms with E-state index in [2.05, 4.69) is 97.1 Å². The quantitative estimate of drug-likeness (QED) is 0.160. The van der Waals surface area contributed by atoms with E-state index in [1.54, 1.807) is 11.3 Å². The first kappa shape index (κ1) is 30.6. The van der Waals surface area contributed by atoms with E-state index in [0.29, 0.717) is 28.5 Å². The van der Waals surface area contributed by atoms with Crippen molar-refractivity contribution in [1.82, 2.24) is 19.5 Å². The maximum absolute atomic E-state index is 9.42. The molecule has 13 aromatic rings. The lowest BCUT2D eigenvalue weighted by molar-refractivity contribution is 1.06. The van der Waals surface area contributed by atoms with Crippen LogP contribution in [0.25, 0.3) is 126 Å².